The van der Waals surface area contributed by atoms with Crippen molar-refractivity contribution in [3.63, 3.8) is 0 Å². The quantitative estimate of drug-likeness (QED) is 0.0153. The van der Waals surface area contributed by atoms with Crippen LogP contribution in [0.3, 0.4) is 0 Å². The standard InChI is InChI=1S/C49H85O10P/c1-4-5-28-36-45(50)38-31-26-27-32-39-46(51)37-30-23-20-21-24-33-40-48(52)57-42-47(43-58-60(54,55)56)59-49(53)41-34-25-19-17-15-13-11-9-7-6-8-10-12-14-16-18-22-29-35-44(2)3/h5,21,23-24,26-28,30-32,38-39,44-47,50-51H,4,6-20,22,25,29,33-37,40-43H2,1-3H3,(H2,54,55,56)/b24-21-,27-26-,28-5-,30-23-,38-31+,39-32+/t45-,46+,47-/m1/s1. The van der Waals surface area contributed by atoms with Crippen molar-refractivity contribution < 1.29 is 48.2 Å². The van der Waals surface area contributed by atoms with Gasteiger partial charge in [-0.1, -0.05) is 209 Å². The molecule has 0 aromatic rings. The zero-order chi connectivity index (χ0) is 44.4. The van der Waals surface area contributed by atoms with Crippen LogP contribution in [0, 0.1) is 5.92 Å². The maximum absolute atomic E-state index is 12.5. The molecule has 11 heteroatoms. The summed E-state index contributed by atoms with van der Waals surface area (Å²) in [4.78, 5) is 43.0. The van der Waals surface area contributed by atoms with Crippen molar-refractivity contribution in [2.45, 2.75) is 206 Å². The lowest BCUT2D eigenvalue weighted by atomic mass is 10.0. The van der Waals surface area contributed by atoms with E-state index in [4.69, 9.17) is 19.3 Å². The van der Waals surface area contributed by atoms with Crippen LogP contribution in [0.2, 0.25) is 0 Å². The Morgan fingerprint density at radius 1 is 0.567 bits per heavy atom. The minimum Gasteiger partial charge on any atom is -0.462 e. The van der Waals surface area contributed by atoms with Crippen LogP contribution in [0.5, 0.6) is 0 Å². The molecule has 0 rings (SSSR count). The summed E-state index contributed by atoms with van der Waals surface area (Å²) in [7, 11) is -4.80. The number of hydrogen-bond donors (Lipinski definition) is 4. The fourth-order valence-electron chi connectivity index (χ4n) is 6.35. The molecule has 0 fully saturated rings. The Bertz CT molecular complexity index is 1250. The summed E-state index contributed by atoms with van der Waals surface area (Å²) < 4.78 is 26.3. The second-order valence-electron chi connectivity index (χ2n) is 16.2. The van der Waals surface area contributed by atoms with E-state index < -0.39 is 44.7 Å². The van der Waals surface area contributed by atoms with Gasteiger partial charge in [0.05, 0.1) is 18.8 Å². The van der Waals surface area contributed by atoms with E-state index in [0.717, 1.165) is 31.6 Å². The molecule has 346 valence electrons. The van der Waals surface area contributed by atoms with E-state index >= 15 is 0 Å². The SMILES string of the molecule is CC/C=C\C[C@@H](O)/C=C/C=C\C=C\[C@@H](O)C/C=C\C/C=C\CCC(=O)OC[C@H](COP(=O)(O)O)OC(=O)CCCCCCCCCCCCCCCCCCCCC(C)C. The first-order chi connectivity index (χ1) is 28.9. The van der Waals surface area contributed by atoms with Crippen molar-refractivity contribution >= 4 is 19.8 Å². The highest BCUT2D eigenvalue weighted by Crippen LogP contribution is 2.36. The second kappa shape index (κ2) is 41.7. The maximum Gasteiger partial charge on any atom is 0.469 e. The van der Waals surface area contributed by atoms with E-state index in [1.165, 1.54) is 96.3 Å². The Morgan fingerprint density at radius 2 is 1.03 bits per heavy atom. The first kappa shape index (κ1) is 57.4. The van der Waals surface area contributed by atoms with Gasteiger partial charge in [-0.2, -0.15) is 0 Å². The van der Waals surface area contributed by atoms with Gasteiger partial charge in [-0.15, -0.1) is 0 Å². The molecular weight excluding hydrogens is 780 g/mol. The van der Waals surface area contributed by atoms with Gasteiger partial charge in [0.25, 0.3) is 0 Å². The Labute approximate surface area is 365 Å². The third kappa shape index (κ3) is 44.9. The molecule has 0 aromatic carbocycles. The zero-order valence-corrected chi connectivity index (χ0v) is 38.6. The van der Waals surface area contributed by atoms with Crippen molar-refractivity contribution in [1.29, 1.82) is 0 Å². The molecule has 0 aliphatic carbocycles. The highest BCUT2D eigenvalue weighted by atomic mass is 31.2. The normalized spacial score (nSPS) is 14.3. The zero-order valence-electron chi connectivity index (χ0n) is 37.7. The minimum atomic E-state index is -4.80. The monoisotopic (exact) mass is 865 g/mol. The highest BCUT2D eigenvalue weighted by molar-refractivity contribution is 7.46. The van der Waals surface area contributed by atoms with Crippen molar-refractivity contribution in [1.82, 2.24) is 0 Å². The lowest BCUT2D eigenvalue weighted by molar-refractivity contribution is -0.161. The molecule has 4 N–H and O–H groups in total. The lowest BCUT2D eigenvalue weighted by Gasteiger charge is -2.18. The number of ether oxygens (including phenoxy) is 2. The molecule has 0 aliphatic heterocycles. The van der Waals surface area contributed by atoms with Crippen LogP contribution in [-0.2, 0) is 28.2 Å². The van der Waals surface area contributed by atoms with Gasteiger partial charge in [0, 0.05) is 12.8 Å². The number of unbranched alkanes of at least 4 members (excludes halogenated alkanes) is 17. The smallest absolute Gasteiger partial charge is 0.462 e. The number of phosphoric acid groups is 1. The van der Waals surface area contributed by atoms with E-state index in [0.29, 0.717) is 32.1 Å². The molecule has 0 bridgehead atoms. The summed E-state index contributed by atoms with van der Waals surface area (Å²) in [6.45, 7) is 5.71. The van der Waals surface area contributed by atoms with E-state index in [2.05, 4.69) is 18.4 Å². The summed E-state index contributed by atoms with van der Waals surface area (Å²) in [5, 5.41) is 19.9. The van der Waals surface area contributed by atoms with Gasteiger partial charge in [-0.3, -0.25) is 14.1 Å². The van der Waals surface area contributed by atoms with Gasteiger partial charge in [0.15, 0.2) is 6.10 Å². The average molecular weight is 865 g/mol. The lowest BCUT2D eigenvalue weighted by Crippen LogP contribution is -2.29. The molecule has 3 atom stereocenters. The van der Waals surface area contributed by atoms with Crippen molar-refractivity contribution in [2.24, 2.45) is 5.92 Å². The van der Waals surface area contributed by atoms with Crippen molar-refractivity contribution in [2.75, 3.05) is 13.2 Å². The average Bonchev–Trinajstić information content (AvgIpc) is 3.20. The number of aliphatic hydroxyl groups excluding tert-OH is 2. The summed E-state index contributed by atoms with van der Waals surface area (Å²) in [6, 6.07) is 0. The topological polar surface area (TPSA) is 160 Å². The second-order valence-corrected chi connectivity index (χ2v) is 17.5. The number of aliphatic hydroxyl groups is 2. The molecule has 0 aliphatic rings. The van der Waals surface area contributed by atoms with Crippen LogP contribution in [0.1, 0.15) is 188 Å². The van der Waals surface area contributed by atoms with E-state index in [9.17, 15) is 24.4 Å². The van der Waals surface area contributed by atoms with Crippen LogP contribution in [0.25, 0.3) is 0 Å². The molecule has 0 amide bonds. The Kier molecular flexibility index (Phi) is 39.9. The number of allylic oxidation sites excluding steroid dienone is 8. The van der Waals surface area contributed by atoms with Gasteiger partial charge >= 0.3 is 19.8 Å². The Balaban J connectivity index is 4.07. The molecular formula is C49H85O10P. The Hall–Kier alpha value is -2.59. The predicted molar refractivity (Wildman–Crippen MR) is 246 cm³/mol. The molecule has 0 unspecified atom stereocenters. The van der Waals surface area contributed by atoms with Gasteiger partial charge in [0.2, 0.25) is 0 Å². The van der Waals surface area contributed by atoms with Gasteiger partial charge < -0.3 is 29.5 Å². The molecule has 0 radical (unpaired) electrons. The minimum absolute atomic E-state index is 0.0837. The van der Waals surface area contributed by atoms with Crippen molar-refractivity contribution in [3.8, 4) is 0 Å². The maximum atomic E-state index is 12.5. The van der Waals surface area contributed by atoms with Crippen LogP contribution >= 0.6 is 7.82 Å². The van der Waals surface area contributed by atoms with Crippen molar-refractivity contribution in [3.05, 3.63) is 72.9 Å². The first-order valence-corrected chi connectivity index (χ1v) is 24.8. The summed E-state index contributed by atoms with van der Waals surface area (Å²) >= 11 is 0. The molecule has 60 heavy (non-hydrogen) atoms. The van der Waals surface area contributed by atoms with Crippen LogP contribution < -0.4 is 0 Å². The van der Waals surface area contributed by atoms with E-state index in [-0.39, 0.29) is 19.4 Å². The first-order valence-electron chi connectivity index (χ1n) is 23.3. The number of rotatable bonds is 41. The van der Waals surface area contributed by atoms with E-state index in [1.807, 2.05) is 43.4 Å². The molecule has 0 heterocycles. The van der Waals surface area contributed by atoms with Crippen LogP contribution in [0.15, 0.2) is 72.9 Å². The number of hydrogen-bond acceptors (Lipinski definition) is 8. The number of carbonyl (C=O) groups excluding carboxylic acids is 2. The number of esters is 2. The van der Waals surface area contributed by atoms with E-state index in [1.54, 1.807) is 36.5 Å². The third-order valence-electron chi connectivity index (χ3n) is 9.85. The summed E-state index contributed by atoms with van der Waals surface area (Å²) in [6.07, 6.45) is 47.1. The van der Waals surface area contributed by atoms with Crippen LogP contribution in [0.4, 0.5) is 0 Å². The molecule has 0 spiro atoms. The van der Waals surface area contributed by atoms with Gasteiger partial charge in [-0.25, -0.2) is 4.57 Å². The summed E-state index contributed by atoms with van der Waals surface area (Å²) in [5.74, 6) is -0.211. The van der Waals surface area contributed by atoms with Gasteiger partial charge in [-0.05, 0) is 44.4 Å². The molecule has 10 nitrogen and oxygen atoms in total. The highest BCUT2D eigenvalue weighted by Gasteiger charge is 2.22. The fraction of sp³-hybridized carbons (Fsp3) is 0.714. The molecule has 0 aromatic heterocycles. The predicted octanol–water partition coefficient (Wildman–Crippen LogP) is 12.4. The fourth-order valence-corrected chi connectivity index (χ4v) is 6.71. The summed E-state index contributed by atoms with van der Waals surface area (Å²) in [5.41, 5.74) is 0. The molecule has 0 saturated heterocycles. The third-order valence-corrected chi connectivity index (χ3v) is 10.3. The number of phosphoric ester groups is 1. The Morgan fingerprint density at radius 3 is 1.52 bits per heavy atom. The largest absolute Gasteiger partial charge is 0.469 e. The molecule has 0 saturated carbocycles. The van der Waals surface area contributed by atoms with Gasteiger partial charge in [0.1, 0.15) is 6.61 Å². The van der Waals surface area contributed by atoms with Crippen LogP contribution in [-0.4, -0.2) is 63.5 Å². The number of carbonyl (C=O) groups is 2.